The normalized spacial score (nSPS) is 21.7. The first-order valence-electron chi connectivity index (χ1n) is 4.81. The molecule has 1 amide bonds. The van der Waals surface area contributed by atoms with Crippen LogP contribution in [0, 0.1) is 0 Å². The maximum Gasteiger partial charge on any atom is 0.254 e. The van der Waals surface area contributed by atoms with Gasteiger partial charge in [0.2, 0.25) is 0 Å². The lowest BCUT2D eigenvalue weighted by Crippen LogP contribution is -2.44. The van der Waals surface area contributed by atoms with E-state index >= 15 is 0 Å². The van der Waals surface area contributed by atoms with Crippen molar-refractivity contribution in [3.63, 3.8) is 0 Å². The Morgan fingerprint density at radius 2 is 2.53 bits per heavy atom. The van der Waals surface area contributed by atoms with Crippen LogP contribution in [0.5, 0.6) is 0 Å². The van der Waals surface area contributed by atoms with Crippen molar-refractivity contribution in [3.8, 4) is 0 Å². The third kappa shape index (κ3) is 2.59. The Labute approximate surface area is 101 Å². The van der Waals surface area contributed by atoms with Gasteiger partial charge in [-0.2, -0.15) is 0 Å². The predicted octanol–water partition coefficient (Wildman–Crippen LogP) is 2.37. The van der Waals surface area contributed by atoms with Gasteiger partial charge in [0, 0.05) is 18.5 Å². The molecule has 1 fully saturated rings. The lowest BCUT2D eigenvalue weighted by atomic mass is 10.2. The minimum Gasteiger partial charge on any atom is -0.375 e. The molecule has 1 aromatic rings. The molecule has 0 aromatic carbocycles. The van der Waals surface area contributed by atoms with E-state index in [1.807, 2.05) is 23.3 Å². The number of carbonyl (C=O) groups is 1. The molecule has 2 rings (SSSR count). The summed E-state index contributed by atoms with van der Waals surface area (Å²) < 4.78 is 6.39. The van der Waals surface area contributed by atoms with E-state index in [2.05, 4.69) is 15.9 Å². The highest BCUT2D eigenvalue weighted by Crippen LogP contribution is 2.22. The van der Waals surface area contributed by atoms with Crippen LogP contribution >= 0.6 is 27.3 Å². The molecule has 1 aliphatic heterocycles. The summed E-state index contributed by atoms with van der Waals surface area (Å²) in [5.41, 5.74) is 0.765. The molecule has 2 heterocycles. The smallest absolute Gasteiger partial charge is 0.254 e. The van der Waals surface area contributed by atoms with Crippen molar-refractivity contribution >= 4 is 33.2 Å². The van der Waals surface area contributed by atoms with Crippen LogP contribution in [0.1, 0.15) is 17.3 Å². The molecular weight excluding hydrogens is 278 g/mol. The highest BCUT2D eigenvalue weighted by Gasteiger charge is 2.22. The van der Waals surface area contributed by atoms with Crippen molar-refractivity contribution in [3.05, 3.63) is 20.8 Å². The third-order valence-corrected chi connectivity index (χ3v) is 3.85. The highest BCUT2D eigenvalue weighted by molar-refractivity contribution is 9.11. The Bertz CT molecular complexity index is 366. The Morgan fingerprint density at radius 1 is 1.73 bits per heavy atom. The summed E-state index contributed by atoms with van der Waals surface area (Å²) in [6, 6.07) is 1.87. The van der Waals surface area contributed by atoms with Gasteiger partial charge in [-0.15, -0.1) is 11.3 Å². The number of hydrogen-bond acceptors (Lipinski definition) is 3. The number of nitrogens with zero attached hydrogens (tertiary/aromatic N) is 1. The predicted molar refractivity (Wildman–Crippen MR) is 63.3 cm³/mol. The molecule has 0 unspecified atom stereocenters. The van der Waals surface area contributed by atoms with E-state index in [9.17, 15) is 4.79 Å². The number of hydrogen-bond donors (Lipinski definition) is 0. The van der Waals surface area contributed by atoms with Gasteiger partial charge in [-0.25, -0.2) is 0 Å². The molecule has 0 N–H and O–H groups in total. The van der Waals surface area contributed by atoms with Gasteiger partial charge in [-0.1, -0.05) is 0 Å². The fourth-order valence-corrected chi connectivity index (χ4v) is 2.74. The van der Waals surface area contributed by atoms with Gasteiger partial charge < -0.3 is 9.64 Å². The van der Waals surface area contributed by atoms with Gasteiger partial charge >= 0.3 is 0 Å². The summed E-state index contributed by atoms with van der Waals surface area (Å²) in [5, 5.41) is 1.88. The largest absolute Gasteiger partial charge is 0.375 e. The number of amides is 1. The van der Waals surface area contributed by atoms with E-state index in [1.54, 1.807) is 0 Å². The maximum atomic E-state index is 12.0. The monoisotopic (exact) mass is 289 g/mol. The fourth-order valence-electron chi connectivity index (χ4n) is 1.61. The molecule has 0 saturated carbocycles. The number of thiophene rings is 1. The molecule has 5 heteroatoms. The van der Waals surface area contributed by atoms with Crippen molar-refractivity contribution in [1.29, 1.82) is 0 Å². The first kappa shape index (κ1) is 11.1. The second-order valence-corrected chi connectivity index (χ2v) is 5.86. The number of carbonyl (C=O) groups excluding carboxylic acids is 1. The summed E-state index contributed by atoms with van der Waals surface area (Å²) in [7, 11) is 0. The standard InChI is InChI=1S/C10H12BrNO2S/c1-7-5-12(2-3-14-7)10(13)8-4-9(11)15-6-8/h4,6-7H,2-3,5H2,1H3/t7-/m0/s1. The van der Waals surface area contributed by atoms with E-state index in [0.717, 1.165) is 9.35 Å². The molecule has 1 aliphatic rings. The highest BCUT2D eigenvalue weighted by atomic mass is 79.9. The topological polar surface area (TPSA) is 29.5 Å². The van der Waals surface area contributed by atoms with Crippen LogP contribution < -0.4 is 0 Å². The minimum atomic E-state index is 0.104. The van der Waals surface area contributed by atoms with Gasteiger partial charge in [-0.3, -0.25) is 4.79 Å². The average Bonchev–Trinajstić information content (AvgIpc) is 2.64. The molecule has 1 atom stereocenters. The lowest BCUT2D eigenvalue weighted by Gasteiger charge is -2.30. The number of ether oxygens (including phenoxy) is 1. The van der Waals surface area contributed by atoms with Crippen molar-refractivity contribution in [2.24, 2.45) is 0 Å². The van der Waals surface area contributed by atoms with Gasteiger partial charge in [0.05, 0.1) is 22.1 Å². The summed E-state index contributed by atoms with van der Waals surface area (Å²) in [4.78, 5) is 13.9. The summed E-state index contributed by atoms with van der Waals surface area (Å²) in [6.45, 7) is 4.00. The molecule has 0 bridgehead atoms. The summed E-state index contributed by atoms with van der Waals surface area (Å²) in [5.74, 6) is 0.104. The SMILES string of the molecule is C[C@H]1CN(C(=O)c2csc(Br)c2)CCO1. The van der Waals surface area contributed by atoms with Crippen LogP contribution in [0.2, 0.25) is 0 Å². The van der Waals surface area contributed by atoms with E-state index in [1.165, 1.54) is 11.3 Å². The van der Waals surface area contributed by atoms with Crippen LogP contribution in [0.15, 0.2) is 15.2 Å². The maximum absolute atomic E-state index is 12.0. The summed E-state index contributed by atoms with van der Waals surface area (Å²) >= 11 is 4.89. The Morgan fingerprint density at radius 3 is 3.13 bits per heavy atom. The zero-order valence-corrected chi connectivity index (χ0v) is 10.8. The number of morpholine rings is 1. The molecule has 1 saturated heterocycles. The van der Waals surface area contributed by atoms with Crippen LogP contribution in [0.4, 0.5) is 0 Å². The lowest BCUT2D eigenvalue weighted by molar-refractivity contribution is -0.0124. The van der Waals surface area contributed by atoms with Crippen LogP contribution in [-0.2, 0) is 4.74 Å². The molecule has 15 heavy (non-hydrogen) atoms. The zero-order chi connectivity index (χ0) is 10.8. The first-order valence-corrected chi connectivity index (χ1v) is 6.49. The quantitative estimate of drug-likeness (QED) is 0.794. The molecule has 3 nitrogen and oxygen atoms in total. The minimum absolute atomic E-state index is 0.104. The Kier molecular flexibility index (Phi) is 3.43. The van der Waals surface area contributed by atoms with Crippen LogP contribution in [-0.4, -0.2) is 36.6 Å². The number of rotatable bonds is 1. The fraction of sp³-hybridized carbons (Fsp3) is 0.500. The van der Waals surface area contributed by atoms with Crippen molar-refractivity contribution in [2.75, 3.05) is 19.7 Å². The molecule has 0 aliphatic carbocycles. The van der Waals surface area contributed by atoms with Gasteiger partial charge in [0.1, 0.15) is 0 Å². The van der Waals surface area contributed by atoms with E-state index in [4.69, 9.17) is 4.74 Å². The van der Waals surface area contributed by atoms with Crippen LogP contribution in [0.3, 0.4) is 0 Å². The molecule has 82 valence electrons. The second-order valence-electron chi connectivity index (χ2n) is 3.57. The first-order chi connectivity index (χ1) is 7.16. The Hall–Kier alpha value is -0.390. The average molecular weight is 290 g/mol. The van der Waals surface area contributed by atoms with E-state index < -0.39 is 0 Å². The summed E-state index contributed by atoms with van der Waals surface area (Å²) in [6.07, 6.45) is 0.143. The van der Waals surface area contributed by atoms with Crippen molar-refractivity contribution in [1.82, 2.24) is 4.90 Å². The van der Waals surface area contributed by atoms with E-state index in [0.29, 0.717) is 19.7 Å². The molecular formula is C10H12BrNO2S. The van der Waals surface area contributed by atoms with Crippen LogP contribution in [0.25, 0.3) is 0 Å². The third-order valence-electron chi connectivity index (χ3n) is 2.34. The zero-order valence-electron chi connectivity index (χ0n) is 8.40. The number of halogens is 1. The molecule has 0 spiro atoms. The van der Waals surface area contributed by atoms with Crippen molar-refractivity contribution < 1.29 is 9.53 Å². The van der Waals surface area contributed by atoms with Crippen molar-refractivity contribution in [2.45, 2.75) is 13.0 Å². The molecule has 1 aromatic heterocycles. The molecule has 0 radical (unpaired) electrons. The second kappa shape index (κ2) is 4.63. The van der Waals surface area contributed by atoms with Gasteiger partial charge in [0.25, 0.3) is 5.91 Å². The van der Waals surface area contributed by atoms with E-state index in [-0.39, 0.29) is 12.0 Å². The van der Waals surface area contributed by atoms with Gasteiger partial charge in [0.15, 0.2) is 0 Å². The van der Waals surface area contributed by atoms with Gasteiger partial charge in [-0.05, 0) is 28.9 Å². The Balaban J connectivity index is 2.07.